The SMILES string of the molecule is CCCc1cccc(C(NCC)c2cn(C)nc2C)c1. The Morgan fingerprint density at radius 3 is 2.70 bits per heavy atom. The zero-order chi connectivity index (χ0) is 14.5. The van der Waals surface area contributed by atoms with E-state index in [0.717, 1.165) is 18.7 Å². The van der Waals surface area contributed by atoms with Gasteiger partial charge in [-0.3, -0.25) is 4.68 Å². The van der Waals surface area contributed by atoms with E-state index in [-0.39, 0.29) is 6.04 Å². The Morgan fingerprint density at radius 1 is 1.30 bits per heavy atom. The third kappa shape index (κ3) is 3.28. The van der Waals surface area contributed by atoms with E-state index in [2.05, 4.69) is 61.6 Å². The summed E-state index contributed by atoms with van der Waals surface area (Å²) in [6.07, 6.45) is 4.44. The molecule has 0 spiro atoms. The third-order valence-electron chi connectivity index (χ3n) is 3.59. The maximum absolute atomic E-state index is 4.48. The summed E-state index contributed by atoms with van der Waals surface area (Å²) in [6, 6.07) is 9.13. The fourth-order valence-electron chi connectivity index (χ4n) is 2.73. The van der Waals surface area contributed by atoms with Crippen LogP contribution in [0, 0.1) is 6.92 Å². The molecule has 0 fully saturated rings. The van der Waals surface area contributed by atoms with Gasteiger partial charge in [0.05, 0.1) is 11.7 Å². The van der Waals surface area contributed by atoms with E-state index in [4.69, 9.17) is 0 Å². The van der Waals surface area contributed by atoms with E-state index < -0.39 is 0 Å². The number of hydrogen-bond donors (Lipinski definition) is 1. The highest BCUT2D eigenvalue weighted by Crippen LogP contribution is 2.25. The summed E-state index contributed by atoms with van der Waals surface area (Å²) < 4.78 is 1.89. The molecular weight excluding hydrogens is 246 g/mol. The normalized spacial score (nSPS) is 12.6. The van der Waals surface area contributed by atoms with E-state index >= 15 is 0 Å². The Balaban J connectivity index is 2.37. The molecule has 0 bridgehead atoms. The summed E-state index contributed by atoms with van der Waals surface area (Å²) in [5.74, 6) is 0. The van der Waals surface area contributed by atoms with Crippen LogP contribution in [0.4, 0.5) is 0 Å². The van der Waals surface area contributed by atoms with Crippen LogP contribution in [-0.4, -0.2) is 16.3 Å². The molecule has 0 radical (unpaired) electrons. The Morgan fingerprint density at radius 2 is 2.10 bits per heavy atom. The lowest BCUT2D eigenvalue weighted by Gasteiger charge is -2.19. The van der Waals surface area contributed by atoms with Crippen LogP contribution in [0.25, 0.3) is 0 Å². The lowest BCUT2D eigenvalue weighted by Crippen LogP contribution is -2.22. The molecule has 1 unspecified atom stereocenters. The average Bonchev–Trinajstić information content (AvgIpc) is 2.75. The molecule has 1 aromatic heterocycles. The van der Waals surface area contributed by atoms with Gasteiger partial charge in [-0.2, -0.15) is 5.10 Å². The van der Waals surface area contributed by atoms with E-state index in [0.29, 0.717) is 0 Å². The van der Waals surface area contributed by atoms with Crippen LogP contribution >= 0.6 is 0 Å². The van der Waals surface area contributed by atoms with Gasteiger partial charge in [0.25, 0.3) is 0 Å². The summed E-state index contributed by atoms with van der Waals surface area (Å²) in [4.78, 5) is 0. The summed E-state index contributed by atoms with van der Waals surface area (Å²) in [6.45, 7) is 7.39. The monoisotopic (exact) mass is 271 g/mol. The zero-order valence-electron chi connectivity index (χ0n) is 13.0. The van der Waals surface area contributed by atoms with Gasteiger partial charge in [0, 0.05) is 18.8 Å². The van der Waals surface area contributed by atoms with E-state index in [9.17, 15) is 0 Å². The summed E-state index contributed by atoms with van der Waals surface area (Å²) >= 11 is 0. The first-order valence-corrected chi connectivity index (χ1v) is 7.48. The summed E-state index contributed by atoms with van der Waals surface area (Å²) in [5, 5.41) is 8.06. The Labute approximate surface area is 122 Å². The van der Waals surface area contributed by atoms with Gasteiger partial charge in [-0.15, -0.1) is 0 Å². The molecule has 2 aromatic rings. The highest BCUT2D eigenvalue weighted by atomic mass is 15.3. The smallest absolute Gasteiger partial charge is 0.0644 e. The molecule has 0 aliphatic rings. The third-order valence-corrected chi connectivity index (χ3v) is 3.59. The van der Waals surface area contributed by atoms with Crippen LogP contribution in [0.15, 0.2) is 30.5 Å². The van der Waals surface area contributed by atoms with Crippen LogP contribution in [0.3, 0.4) is 0 Å². The van der Waals surface area contributed by atoms with Gasteiger partial charge in [0.1, 0.15) is 0 Å². The number of benzene rings is 1. The van der Waals surface area contributed by atoms with Crippen molar-refractivity contribution in [3.05, 3.63) is 52.8 Å². The minimum Gasteiger partial charge on any atom is -0.306 e. The van der Waals surface area contributed by atoms with E-state index in [1.807, 2.05) is 11.7 Å². The molecule has 0 saturated heterocycles. The number of rotatable bonds is 6. The van der Waals surface area contributed by atoms with Crippen LogP contribution in [-0.2, 0) is 13.5 Å². The van der Waals surface area contributed by atoms with Gasteiger partial charge in [-0.1, -0.05) is 44.5 Å². The number of hydrogen-bond acceptors (Lipinski definition) is 2. The minimum absolute atomic E-state index is 0.227. The van der Waals surface area contributed by atoms with Crippen molar-refractivity contribution < 1.29 is 0 Å². The number of nitrogens with zero attached hydrogens (tertiary/aromatic N) is 2. The van der Waals surface area contributed by atoms with Crippen LogP contribution in [0.5, 0.6) is 0 Å². The molecule has 20 heavy (non-hydrogen) atoms. The largest absolute Gasteiger partial charge is 0.306 e. The van der Waals surface area contributed by atoms with Crippen LogP contribution in [0.1, 0.15) is 48.7 Å². The molecule has 0 saturated carbocycles. The fourth-order valence-corrected chi connectivity index (χ4v) is 2.73. The van der Waals surface area contributed by atoms with E-state index in [1.165, 1.54) is 23.1 Å². The van der Waals surface area contributed by atoms with Crippen molar-refractivity contribution in [3.8, 4) is 0 Å². The first-order chi connectivity index (χ1) is 9.65. The van der Waals surface area contributed by atoms with Crippen molar-refractivity contribution >= 4 is 0 Å². The number of nitrogens with one attached hydrogen (secondary N) is 1. The molecule has 1 N–H and O–H groups in total. The average molecular weight is 271 g/mol. The number of aromatic nitrogens is 2. The highest BCUT2D eigenvalue weighted by molar-refractivity contribution is 5.35. The molecule has 2 rings (SSSR count). The van der Waals surface area contributed by atoms with Gasteiger partial charge in [-0.25, -0.2) is 0 Å². The second-order valence-electron chi connectivity index (χ2n) is 5.33. The van der Waals surface area contributed by atoms with Gasteiger partial charge >= 0.3 is 0 Å². The topological polar surface area (TPSA) is 29.9 Å². The summed E-state index contributed by atoms with van der Waals surface area (Å²) in [7, 11) is 1.98. The van der Waals surface area contributed by atoms with Crippen LogP contribution < -0.4 is 5.32 Å². The maximum atomic E-state index is 4.48. The van der Waals surface area contributed by atoms with Gasteiger partial charge in [-0.05, 0) is 31.0 Å². The Hall–Kier alpha value is -1.61. The standard InChI is InChI=1S/C17H25N3/c1-5-8-14-9-7-10-15(11-14)17(18-6-2)16-12-20(4)19-13(16)3/h7,9-12,17-18H,5-6,8H2,1-4H3. The predicted molar refractivity (Wildman–Crippen MR) is 83.9 cm³/mol. The molecule has 1 heterocycles. The van der Waals surface area contributed by atoms with Crippen molar-refractivity contribution in [2.45, 2.75) is 39.7 Å². The molecule has 0 aliphatic heterocycles. The van der Waals surface area contributed by atoms with Crippen molar-refractivity contribution in [2.24, 2.45) is 7.05 Å². The second kappa shape index (κ2) is 6.71. The lowest BCUT2D eigenvalue weighted by atomic mass is 9.96. The predicted octanol–water partition coefficient (Wildman–Crippen LogP) is 3.38. The van der Waals surface area contributed by atoms with Crippen LogP contribution in [0.2, 0.25) is 0 Å². The quantitative estimate of drug-likeness (QED) is 0.873. The molecular formula is C17H25N3. The molecule has 3 nitrogen and oxygen atoms in total. The van der Waals surface area contributed by atoms with Crippen molar-refractivity contribution in [3.63, 3.8) is 0 Å². The van der Waals surface area contributed by atoms with E-state index in [1.54, 1.807) is 0 Å². The lowest BCUT2D eigenvalue weighted by molar-refractivity contribution is 0.626. The van der Waals surface area contributed by atoms with Gasteiger partial charge in [0.15, 0.2) is 0 Å². The zero-order valence-corrected chi connectivity index (χ0v) is 13.0. The minimum atomic E-state index is 0.227. The molecule has 108 valence electrons. The van der Waals surface area contributed by atoms with Crippen molar-refractivity contribution in [2.75, 3.05) is 6.54 Å². The maximum Gasteiger partial charge on any atom is 0.0644 e. The first-order valence-electron chi connectivity index (χ1n) is 7.48. The van der Waals surface area contributed by atoms with Crippen molar-refractivity contribution in [1.82, 2.24) is 15.1 Å². The summed E-state index contributed by atoms with van der Waals surface area (Å²) in [5.41, 5.74) is 5.10. The Kier molecular flexibility index (Phi) is 4.96. The molecule has 3 heteroatoms. The molecule has 0 aliphatic carbocycles. The van der Waals surface area contributed by atoms with Gasteiger partial charge < -0.3 is 5.32 Å². The Bertz CT molecular complexity index is 557. The molecule has 1 atom stereocenters. The first kappa shape index (κ1) is 14.8. The fraction of sp³-hybridized carbons (Fsp3) is 0.471. The highest BCUT2D eigenvalue weighted by Gasteiger charge is 2.17. The second-order valence-corrected chi connectivity index (χ2v) is 5.33. The molecule has 0 amide bonds. The molecule has 1 aromatic carbocycles. The van der Waals surface area contributed by atoms with Gasteiger partial charge in [0.2, 0.25) is 0 Å². The van der Waals surface area contributed by atoms with Crippen molar-refractivity contribution in [1.29, 1.82) is 0 Å². The number of aryl methyl sites for hydroxylation is 3.